The van der Waals surface area contributed by atoms with Gasteiger partial charge in [-0.05, 0) is 37.1 Å². The van der Waals surface area contributed by atoms with Crippen molar-refractivity contribution in [2.45, 2.75) is 57.4 Å². The van der Waals surface area contributed by atoms with Crippen molar-refractivity contribution in [3.8, 4) is 0 Å². The van der Waals surface area contributed by atoms with Crippen LogP contribution in [0.1, 0.15) is 49.8 Å². The Kier molecular flexibility index (Phi) is 5.70. The molecule has 5 heteroatoms. The Morgan fingerprint density at radius 3 is 2.52 bits per heavy atom. The molecule has 1 aromatic heterocycles. The minimum atomic E-state index is 0.101. The van der Waals surface area contributed by atoms with E-state index in [2.05, 4.69) is 5.32 Å². The molecule has 1 aliphatic heterocycles. The molecule has 1 saturated carbocycles. The SMILES string of the molecule is O=C(Cc1cccs1)NC1CCN(C(=O)C2CCCCC2)CC1. The van der Waals surface area contributed by atoms with Gasteiger partial charge in [-0.15, -0.1) is 11.3 Å². The number of rotatable bonds is 4. The van der Waals surface area contributed by atoms with Gasteiger partial charge in [-0.1, -0.05) is 25.3 Å². The summed E-state index contributed by atoms with van der Waals surface area (Å²) in [6.45, 7) is 1.58. The highest BCUT2D eigenvalue weighted by Crippen LogP contribution is 2.26. The van der Waals surface area contributed by atoms with Crippen molar-refractivity contribution in [1.82, 2.24) is 10.2 Å². The molecule has 0 unspecified atom stereocenters. The van der Waals surface area contributed by atoms with E-state index in [-0.39, 0.29) is 17.9 Å². The number of nitrogens with one attached hydrogen (secondary N) is 1. The first kappa shape index (κ1) is 16.5. The maximum Gasteiger partial charge on any atom is 0.225 e. The number of likely N-dealkylation sites (tertiary alicyclic amines) is 1. The third kappa shape index (κ3) is 4.56. The van der Waals surface area contributed by atoms with Crippen molar-refractivity contribution >= 4 is 23.2 Å². The number of amides is 2. The molecular weight excluding hydrogens is 308 g/mol. The van der Waals surface area contributed by atoms with Crippen LogP contribution in [0.4, 0.5) is 0 Å². The third-order valence-electron chi connectivity index (χ3n) is 5.04. The number of hydrogen-bond acceptors (Lipinski definition) is 3. The molecule has 126 valence electrons. The second-order valence-corrected chi connectivity index (χ2v) is 7.79. The van der Waals surface area contributed by atoms with Crippen molar-refractivity contribution in [2.75, 3.05) is 13.1 Å². The fourth-order valence-corrected chi connectivity index (χ4v) is 4.41. The lowest BCUT2D eigenvalue weighted by atomic mass is 9.87. The molecule has 2 amide bonds. The summed E-state index contributed by atoms with van der Waals surface area (Å²) in [4.78, 5) is 27.7. The van der Waals surface area contributed by atoms with Gasteiger partial charge in [0.05, 0.1) is 6.42 Å². The molecular formula is C18H26N2O2S. The number of hydrogen-bond donors (Lipinski definition) is 1. The molecule has 0 atom stereocenters. The topological polar surface area (TPSA) is 49.4 Å². The molecule has 23 heavy (non-hydrogen) atoms. The molecule has 1 saturated heterocycles. The smallest absolute Gasteiger partial charge is 0.225 e. The third-order valence-corrected chi connectivity index (χ3v) is 5.92. The average Bonchev–Trinajstić information content (AvgIpc) is 3.08. The summed E-state index contributed by atoms with van der Waals surface area (Å²) >= 11 is 1.62. The Morgan fingerprint density at radius 1 is 1.13 bits per heavy atom. The lowest BCUT2D eigenvalue weighted by molar-refractivity contribution is -0.137. The number of carbonyl (C=O) groups is 2. The van der Waals surface area contributed by atoms with E-state index in [9.17, 15) is 9.59 Å². The van der Waals surface area contributed by atoms with E-state index in [1.807, 2.05) is 22.4 Å². The zero-order valence-corrected chi connectivity index (χ0v) is 14.4. The number of thiophene rings is 1. The van der Waals surface area contributed by atoms with Crippen LogP contribution in [0, 0.1) is 5.92 Å². The monoisotopic (exact) mass is 334 g/mol. The highest BCUT2D eigenvalue weighted by molar-refractivity contribution is 7.10. The first-order chi connectivity index (χ1) is 11.2. The predicted molar refractivity (Wildman–Crippen MR) is 92.3 cm³/mol. The molecule has 1 aliphatic carbocycles. The lowest BCUT2D eigenvalue weighted by Crippen LogP contribution is -2.48. The summed E-state index contributed by atoms with van der Waals surface area (Å²) < 4.78 is 0. The van der Waals surface area contributed by atoms with Gasteiger partial charge in [-0.3, -0.25) is 9.59 Å². The summed E-state index contributed by atoms with van der Waals surface area (Å²) in [5.74, 6) is 0.714. The molecule has 4 nitrogen and oxygen atoms in total. The van der Waals surface area contributed by atoms with E-state index in [4.69, 9.17) is 0 Å². The molecule has 0 bridgehead atoms. The number of carbonyl (C=O) groups excluding carboxylic acids is 2. The fraction of sp³-hybridized carbons (Fsp3) is 0.667. The van der Waals surface area contributed by atoms with Gasteiger partial charge >= 0.3 is 0 Å². The van der Waals surface area contributed by atoms with Gasteiger partial charge in [0.25, 0.3) is 0 Å². The summed E-state index contributed by atoms with van der Waals surface area (Å²) in [6.07, 6.45) is 8.05. The van der Waals surface area contributed by atoms with E-state index in [1.54, 1.807) is 11.3 Å². The van der Waals surface area contributed by atoms with Crippen LogP contribution >= 0.6 is 11.3 Å². The first-order valence-corrected chi connectivity index (χ1v) is 9.71. The molecule has 1 N–H and O–H groups in total. The molecule has 0 aromatic carbocycles. The lowest BCUT2D eigenvalue weighted by Gasteiger charge is -2.35. The maximum atomic E-state index is 12.5. The van der Waals surface area contributed by atoms with Crippen LogP contribution in [0.25, 0.3) is 0 Å². The van der Waals surface area contributed by atoms with Crippen LogP contribution in [0.5, 0.6) is 0 Å². The Morgan fingerprint density at radius 2 is 1.87 bits per heavy atom. The van der Waals surface area contributed by atoms with E-state index >= 15 is 0 Å². The van der Waals surface area contributed by atoms with Crippen molar-refractivity contribution in [3.05, 3.63) is 22.4 Å². The quantitative estimate of drug-likeness (QED) is 0.920. The van der Waals surface area contributed by atoms with E-state index in [1.165, 1.54) is 19.3 Å². The number of nitrogens with zero attached hydrogens (tertiary/aromatic N) is 1. The molecule has 2 heterocycles. The summed E-state index contributed by atoms with van der Waals surface area (Å²) in [5, 5.41) is 5.12. The fourth-order valence-electron chi connectivity index (χ4n) is 3.70. The highest BCUT2D eigenvalue weighted by Gasteiger charge is 2.29. The molecule has 2 fully saturated rings. The summed E-state index contributed by atoms with van der Waals surface area (Å²) in [5.41, 5.74) is 0. The summed E-state index contributed by atoms with van der Waals surface area (Å²) in [6, 6.07) is 4.19. The molecule has 1 aromatic rings. The Hall–Kier alpha value is -1.36. The molecule has 0 radical (unpaired) electrons. The van der Waals surface area contributed by atoms with Gasteiger partial charge in [-0.25, -0.2) is 0 Å². The largest absolute Gasteiger partial charge is 0.353 e. The highest BCUT2D eigenvalue weighted by atomic mass is 32.1. The van der Waals surface area contributed by atoms with Gasteiger partial charge in [0.15, 0.2) is 0 Å². The Balaban J connectivity index is 1.41. The first-order valence-electron chi connectivity index (χ1n) is 8.83. The van der Waals surface area contributed by atoms with Gasteiger partial charge in [0.2, 0.25) is 11.8 Å². The molecule has 2 aliphatic rings. The van der Waals surface area contributed by atoms with Gasteiger partial charge in [-0.2, -0.15) is 0 Å². The Labute approximate surface area is 142 Å². The van der Waals surface area contributed by atoms with Gasteiger partial charge in [0, 0.05) is 29.9 Å². The van der Waals surface area contributed by atoms with Crippen molar-refractivity contribution in [1.29, 1.82) is 0 Å². The van der Waals surface area contributed by atoms with E-state index < -0.39 is 0 Å². The van der Waals surface area contributed by atoms with Gasteiger partial charge < -0.3 is 10.2 Å². The normalized spacial score (nSPS) is 20.4. The summed E-state index contributed by atoms with van der Waals surface area (Å²) in [7, 11) is 0. The standard InChI is InChI=1S/C18H26N2O2S/c21-17(13-16-7-4-12-23-16)19-15-8-10-20(11-9-15)18(22)14-5-2-1-3-6-14/h4,7,12,14-15H,1-3,5-6,8-11,13H2,(H,19,21). The second-order valence-electron chi connectivity index (χ2n) is 6.76. The minimum absolute atomic E-state index is 0.101. The average molecular weight is 334 g/mol. The zero-order chi connectivity index (χ0) is 16.1. The second kappa shape index (κ2) is 7.95. The van der Waals surface area contributed by atoms with Crippen LogP contribution in [-0.2, 0) is 16.0 Å². The van der Waals surface area contributed by atoms with Gasteiger partial charge in [0.1, 0.15) is 0 Å². The minimum Gasteiger partial charge on any atom is -0.353 e. The van der Waals surface area contributed by atoms with Crippen LogP contribution in [0.3, 0.4) is 0 Å². The zero-order valence-electron chi connectivity index (χ0n) is 13.6. The molecule has 3 rings (SSSR count). The van der Waals surface area contributed by atoms with Crippen molar-refractivity contribution in [3.63, 3.8) is 0 Å². The van der Waals surface area contributed by atoms with E-state index in [0.717, 1.165) is 43.6 Å². The molecule has 0 spiro atoms. The van der Waals surface area contributed by atoms with Crippen LogP contribution in [-0.4, -0.2) is 35.8 Å². The van der Waals surface area contributed by atoms with Crippen molar-refractivity contribution in [2.24, 2.45) is 5.92 Å². The van der Waals surface area contributed by atoms with Crippen LogP contribution in [0.15, 0.2) is 17.5 Å². The van der Waals surface area contributed by atoms with Crippen LogP contribution < -0.4 is 5.32 Å². The van der Waals surface area contributed by atoms with Crippen molar-refractivity contribution < 1.29 is 9.59 Å². The number of piperidine rings is 1. The maximum absolute atomic E-state index is 12.5. The Bertz CT molecular complexity index is 515. The van der Waals surface area contributed by atoms with Crippen LogP contribution in [0.2, 0.25) is 0 Å². The van der Waals surface area contributed by atoms with E-state index in [0.29, 0.717) is 12.3 Å². The predicted octanol–water partition coefficient (Wildman–Crippen LogP) is 2.98.